The molecule has 2 atom stereocenters. The molecule has 0 fully saturated rings. The average Bonchev–Trinajstić information content (AvgIpc) is 2.38. The maximum Gasteiger partial charge on any atom is 0.161 e. The summed E-state index contributed by atoms with van der Waals surface area (Å²) in [6.07, 6.45) is 1.19. The third-order valence-corrected chi connectivity index (χ3v) is 4.78. The predicted octanol–water partition coefficient (Wildman–Crippen LogP) is 1.92. The van der Waals surface area contributed by atoms with Crippen molar-refractivity contribution in [2.24, 2.45) is 5.73 Å². The highest BCUT2D eigenvalue weighted by Crippen LogP contribution is 2.31. The van der Waals surface area contributed by atoms with E-state index in [2.05, 4.69) is 0 Å². The molecule has 0 saturated carbocycles. The summed E-state index contributed by atoms with van der Waals surface area (Å²) in [6, 6.07) is 4.69. The highest BCUT2D eigenvalue weighted by atomic mass is 32.2. The molecule has 6 heteroatoms. The first-order chi connectivity index (χ1) is 9.31. The quantitative estimate of drug-likeness (QED) is 0.832. The van der Waals surface area contributed by atoms with Crippen molar-refractivity contribution in [2.45, 2.75) is 32.1 Å². The van der Waals surface area contributed by atoms with Gasteiger partial charge in [0, 0.05) is 12.3 Å². The molecular formula is C14H23NO4S. The lowest BCUT2D eigenvalue weighted by Gasteiger charge is -2.20. The van der Waals surface area contributed by atoms with Crippen molar-refractivity contribution in [3.63, 3.8) is 0 Å². The average molecular weight is 301 g/mol. The van der Waals surface area contributed by atoms with Crippen LogP contribution in [0.25, 0.3) is 0 Å². The maximum absolute atomic E-state index is 11.6. The minimum absolute atomic E-state index is 0.500. The van der Waals surface area contributed by atoms with Gasteiger partial charge in [-0.1, -0.05) is 6.07 Å². The van der Waals surface area contributed by atoms with Crippen LogP contribution in [0.1, 0.15) is 32.4 Å². The number of nitrogens with two attached hydrogens (primary N) is 1. The number of ether oxygens (including phenoxy) is 2. The molecule has 1 rings (SSSR count). The Bertz CT molecular complexity index is 542. The predicted molar refractivity (Wildman–Crippen MR) is 80.0 cm³/mol. The van der Waals surface area contributed by atoms with Crippen LogP contribution >= 0.6 is 0 Å². The van der Waals surface area contributed by atoms with E-state index in [1.807, 2.05) is 13.8 Å². The van der Waals surface area contributed by atoms with Crippen LogP contribution in [-0.2, 0) is 9.84 Å². The van der Waals surface area contributed by atoms with Gasteiger partial charge in [-0.15, -0.1) is 0 Å². The standard InChI is InChI=1S/C14H23NO4S/c1-5-18-12-8-7-11(9-13(12)19-6-2)14(15)10(3)20(4,16)17/h7-10,14H,5-6,15H2,1-4H3. The molecule has 0 aliphatic carbocycles. The van der Waals surface area contributed by atoms with Gasteiger partial charge in [-0.2, -0.15) is 0 Å². The van der Waals surface area contributed by atoms with Crippen molar-refractivity contribution < 1.29 is 17.9 Å². The molecule has 0 amide bonds. The molecule has 20 heavy (non-hydrogen) atoms. The van der Waals surface area contributed by atoms with Gasteiger partial charge in [0.2, 0.25) is 0 Å². The zero-order chi connectivity index (χ0) is 15.3. The Morgan fingerprint density at radius 1 is 1.15 bits per heavy atom. The zero-order valence-corrected chi connectivity index (χ0v) is 13.2. The molecule has 0 aliphatic heterocycles. The molecule has 2 N–H and O–H groups in total. The Hall–Kier alpha value is -1.27. The summed E-state index contributed by atoms with van der Waals surface area (Å²) in [5.41, 5.74) is 6.76. The molecular weight excluding hydrogens is 278 g/mol. The lowest BCUT2D eigenvalue weighted by Crippen LogP contribution is -2.30. The van der Waals surface area contributed by atoms with E-state index in [9.17, 15) is 8.42 Å². The molecule has 2 unspecified atom stereocenters. The molecule has 114 valence electrons. The van der Waals surface area contributed by atoms with Crippen molar-refractivity contribution in [1.82, 2.24) is 0 Å². The first-order valence-electron chi connectivity index (χ1n) is 6.65. The van der Waals surface area contributed by atoms with E-state index >= 15 is 0 Å². The first kappa shape index (κ1) is 16.8. The molecule has 1 aromatic carbocycles. The second-order valence-corrected chi connectivity index (χ2v) is 7.04. The minimum Gasteiger partial charge on any atom is -0.490 e. The van der Waals surface area contributed by atoms with Gasteiger partial charge in [-0.3, -0.25) is 0 Å². The van der Waals surface area contributed by atoms with Crippen LogP contribution < -0.4 is 15.2 Å². The van der Waals surface area contributed by atoms with Gasteiger partial charge >= 0.3 is 0 Å². The summed E-state index contributed by atoms with van der Waals surface area (Å²) in [5.74, 6) is 1.22. The highest BCUT2D eigenvalue weighted by molar-refractivity contribution is 7.91. The summed E-state index contributed by atoms with van der Waals surface area (Å²) >= 11 is 0. The fourth-order valence-electron chi connectivity index (χ4n) is 1.81. The molecule has 0 bridgehead atoms. The van der Waals surface area contributed by atoms with Crippen molar-refractivity contribution >= 4 is 9.84 Å². The van der Waals surface area contributed by atoms with Crippen LogP contribution in [0.2, 0.25) is 0 Å². The lowest BCUT2D eigenvalue weighted by molar-refractivity contribution is 0.287. The van der Waals surface area contributed by atoms with Crippen LogP contribution in [0.4, 0.5) is 0 Å². The van der Waals surface area contributed by atoms with Crippen LogP contribution in [0.3, 0.4) is 0 Å². The first-order valence-corrected chi connectivity index (χ1v) is 8.60. The van der Waals surface area contributed by atoms with Crippen LogP contribution in [-0.4, -0.2) is 33.1 Å². The van der Waals surface area contributed by atoms with Crippen molar-refractivity contribution in [3.05, 3.63) is 23.8 Å². The molecule has 0 aliphatic rings. The fraction of sp³-hybridized carbons (Fsp3) is 0.571. The lowest BCUT2D eigenvalue weighted by atomic mass is 10.0. The van der Waals surface area contributed by atoms with Gasteiger partial charge in [0.1, 0.15) is 0 Å². The summed E-state index contributed by atoms with van der Waals surface area (Å²) in [6.45, 7) is 6.41. The van der Waals surface area contributed by atoms with E-state index in [0.29, 0.717) is 24.7 Å². The third kappa shape index (κ3) is 4.11. The third-order valence-electron chi connectivity index (χ3n) is 3.13. The van der Waals surface area contributed by atoms with E-state index in [1.54, 1.807) is 25.1 Å². The van der Waals surface area contributed by atoms with Gasteiger partial charge in [-0.25, -0.2) is 8.42 Å². The Morgan fingerprint density at radius 2 is 1.70 bits per heavy atom. The van der Waals surface area contributed by atoms with Gasteiger partial charge in [0.15, 0.2) is 21.3 Å². The highest BCUT2D eigenvalue weighted by Gasteiger charge is 2.25. The molecule has 5 nitrogen and oxygen atoms in total. The van der Waals surface area contributed by atoms with E-state index in [-0.39, 0.29) is 0 Å². The van der Waals surface area contributed by atoms with E-state index in [1.165, 1.54) is 6.26 Å². The largest absolute Gasteiger partial charge is 0.490 e. The van der Waals surface area contributed by atoms with E-state index in [0.717, 1.165) is 5.56 Å². The van der Waals surface area contributed by atoms with Crippen LogP contribution in [0.15, 0.2) is 18.2 Å². The fourth-order valence-corrected chi connectivity index (χ4v) is 2.50. The number of benzene rings is 1. The Labute approximate surface area is 121 Å². The topological polar surface area (TPSA) is 78.6 Å². The van der Waals surface area contributed by atoms with Crippen LogP contribution in [0.5, 0.6) is 11.5 Å². The SMILES string of the molecule is CCOc1ccc(C(N)C(C)S(C)(=O)=O)cc1OCC. The molecule has 1 aromatic rings. The number of rotatable bonds is 7. The molecule has 0 saturated heterocycles. The number of hydrogen-bond donors (Lipinski definition) is 1. The molecule has 0 radical (unpaired) electrons. The Kier molecular flexibility index (Phi) is 5.83. The van der Waals surface area contributed by atoms with E-state index in [4.69, 9.17) is 15.2 Å². The Balaban J connectivity index is 3.10. The summed E-state index contributed by atoms with van der Waals surface area (Å²) in [5, 5.41) is -0.657. The van der Waals surface area contributed by atoms with Crippen molar-refractivity contribution in [2.75, 3.05) is 19.5 Å². The molecule has 0 spiro atoms. The minimum atomic E-state index is -3.19. The summed E-state index contributed by atoms with van der Waals surface area (Å²) < 4.78 is 34.2. The summed E-state index contributed by atoms with van der Waals surface area (Å²) in [7, 11) is -3.19. The van der Waals surface area contributed by atoms with Crippen molar-refractivity contribution in [1.29, 1.82) is 0 Å². The molecule has 0 aromatic heterocycles. The van der Waals surface area contributed by atoms with E-state index < -0.39 is 21.1 Å². The van der Waals surface area contributed by atoms with Gasteiger partial charge < -0.3 is 15.2 Å². The second-order valence-electron chi connectivity index (χ2n) is 4.63. The second kappa shape index (κ2) is 6.95. The monoisotopic (exact) mass is 301 g/mol. The zero-order valence-electron chi connectivity index (χ0n) is 12.4. The van der Waals surface area contributed by atoms with Gasteiger partial charge in [-0.05, 0) is 38.5 Å². The number of sulfone groups is 1. The van der Waals surface area contributed by atoms with Crippen LogP contribution in [0, 0.1) is 0 Å². The smallest absolute Gasteiger partial charge is 0.161 e. The summed E-state index contributed by atoms with van der Waals surface area (Å²) in [4.78, 5) is 0. The Morgan fingerprint density at radius 3 is 2.20 bits per heavy atom. The number of hydrogen-bond acceptors (Lipinski definition) is 5. The van der Waals surface area contributed by atoms with Gasteiger partial charge in [0.25, 0.3) is 0 Å². The van der Waals surface area contributed by atoms with Crippen molar-refractivity contribution in [3.8, 4) is 11.5 Å². The normalized spacial score (nSPS) is 14.7. The maximum atomic E-state index is 11.6. The molecule has 0 heterocycles. The van der Waals surface area contributed by atoms with Gasteiger partial charge in [0.05, 0.1) is 18.5 Å².